The average Bonchev–Trinajstić information content (AvgIpc) is 2.85. The van der Waals surface area contributed by atoms with Crippen LogP contribution >= 0.6 is 24.0 Å². The Morgan fingerprint density at radius 3 is 2.56 bits per heavy atom. The largest absolute Gasteiger partial charge is 0.356 e. The second-order valence-electron chi connectivity index (χ2n) is 5.04. The molecule has 2 rings (SSSR count). The molecule has 4 heteroatoms. The van der Waals surface area contributed by atoms with E-state index in [0.29, 0.717) is 5.41 Å². The molecule has 0 aromatic heterocycles. The van der Waals surface area contributed by atoms with Gasteiger partial charge in [0.2, 0.25) is 0 Å². The number of rotatable bonds is 3. The van der Waals surface area contributed by atoms with E-state index in [1.807, 2.05) is 0 Å². The van der Waals surface area contributed by atoms with Crippen molar-refractivity contribution in [1.29, 1.82) is 0 Å². The number of nitrogens with zero attached hydrogens (tertiary/aromatic N) is 2. The van der Waals surface area contributed by atoms with E-state index in [9.17, 15) is 0 Å². The average molecular weight is 337 g/mol. The molecular formula is C12H24IN3. The highest BCUT2D eigenvalue weighted by Gasteiger charge is 2.32. The maximum Gasteiger partial charge on any atom is 0.193 e. The minimum Gasteiger partial charge on any atom is -0.356 e. The van der Waals surface area contributed by atoms with Crippen LogP contribution in [0.5, 0.6) is 0 Å². The van der Waals surface area contributed by atoms with Gasteiger partial charge in [-0.1, -0.05) is 19.8 Å². The molecule has 0 spiro atoms. The Hall–Kier alpha value is 0. The highest BCUT2D eigenvalue weighted by atomic mass is 127. The van der Waals surface area contributed by atoms with Crippen LogP contribution in [0.3, 0.4) is 0 Å². The second kappa shape index (κ2) is 6.07. The minimum atomic E-state index is 0. The SMILES string of the molecule is CCC1(CNC2=NCCN2C)CCCC1.I. The molecule has 16 heavy (non-hydrogen) atoms. The molecule has 0 amide bonds. The molecule has 1 aliphatic carbocycles. The summed E-state index contributed by atoms with van der Waals surface area (Å²) in [4.78, 5) is 6.70. The van der Waals surface area contributed by atoms with Crippen molar-refractivity contribution in [2.75, 3.05) is 26.7 Å². The first kappa shape index (κ1) is 14.1. The van der Waals surface area contributed by atoms with Gasteiger partial charge in [-0.25, -0.2) is 0 Å². The smallest absolute Gasteiger partial charge is 0.193 e. The van der Waals surface area contributed by atoms with Crippen LogP contribution < -0.4 is 5.32 Å². The predicted octanol–water partition coefficient (Wildman–Crippen LogP) is 2.47. The Bertz CT molecular complexity index is 247. The maximum absolute atomic E-state index is 4.47. The first-order chi connectivity index (χ1) is 7.26. The summed E-state index contributed by atoms with van der Waals surface area (Å²) < 4.78 is 0. The van der Waals surface area contributed by atoms with Crippen LogP contribution in [0.2, 0.25) is 0 Å². The lowest BCUT2D eigenvalue weighted by molar-refractivity contribution is 0.281. The summed E-state index contributed by atoms with van der Waals surface area (Å²) in [5, 5.41) is 3.54. The number of hydrogen-bond donors (Lipinski definition) is 1. The van der Waals surface area contributed by atoms with E-state index < -0.39 is 0 Å². The number of aliphatic imine (C=N–C) groups is 1. The van der Waals surface area contributed by atoms with Gasteiger partial charge in [0.1, 0.15) is 0 Å². The van der Waals surface area contributed by atoms with Crippen molar-refractivity contribution in [1.82, 2.24) is 10.2 Å². The van der Waals surface area contributed by atoms with E-state index in [-0.39, 0.29) is 24.0 Å². The lowest BCUT2D eigenvalue weighted by Crippen LogP contribution is -2.41. The maximum atomic E-state index is 4.47. The van der Waals surface area contributed by atoms with Crippen LogP contribution in [-0.4, -0.2) is 37.5 Å². The highest BCUT2D eigenvalue weighted by Crippen LogP contribution is 2.40. The highest BCUT2D eigenvalue weighted by molar-refractivity contribution is 14.0. The van der Waals surface area contributed by atoms with Gasteiger partial charge in [0.15, 0.2) is 5.96 Å². The Morgan fingerprint density at radius 2 is 2.06 bits per heavy atom. The molecule has 2 aliphatic rings. The van der Waals surface area contributed by atoms with Crippen molar-refractivity contribution >= 4 is 29.9 Å². The number of nitrogens with one attached hydrogen (secondary N) is 1. The van der Waals surface area contributed by atoms with Gasteiger partial charge in [0.05, 0.1) is 6.54 Å². The van der Waals surface area contributed by atoms with Gasteiger partial charge < -0.3 is 10.2 Å². The van der Waals surface area contributed by atoms with Crippen LogP contribution in [0, 0.1) is 5.41 Å². The number of likely N-dealkylation sites (N-methyl/N-ethyl adjacent to an activating group) is 1. The third-order valence-electron chi connectivity index (χ3n) is 4.09. The third kappa shape index (κ3) is 3.02. The number of hydrogen-bond acceptors (Lipinski definition) is 3. The zero-order valence-electron chi connectivity index (χ0n) is 10.5. The molecule has 0 unspecified atom stereocenters. The van der Waals surface area contributed by atoms with Crippen molar-refractivity contribution in [3.8, 4) is 0 Å². The zero-order chi connectivity index (χ0) is 10.7. The van der Waals surface area contributed by atoms with Gasteiger partial charge >= 0.3 is 0 Å². The first-order valence-electron chi connectivity index (χ1n) is 6.25. The molecule has 1 fully saturated rings. The summed E-state index contributed by atoms with van der Waals surface area (Å²) in [6.07, 6.45) is 6.92. The van der Waals surface area contributed by atoms with E-state index in [2.05, 4.69) is 29.2 Å². The van der Waals surface area contributed by atoms with Gasteiger partial charge in [-0.2, -0.15) is 0 Å². The summed E-state index contributed by atoms with van der Waals surface area (Å²) in [6.45, 7) is 5.47. The Morgan fingerprint density at radius 1 is 1.38 bits per heavy atom. The molecule has 0 atom stereocenters. The fourth-order valence-corrected chi connectivity index (χ4v) is 2.77. The summed E-state index contributed by atoms with van der Waals surface area (Å²) in [7, 11) is 2.12. The van der Waals surface area contributed by atoms with Crippen molar-refractivity contribution in [3.63, 3.8) is 0 Å². The van der Waals surface area contributed by atoms with E-state index in [4.69, 9.17) is 0 Å². The molecule has 0 saturated heterocycles. The molecule has 0 radical (unpaired) electrons. The topological polar surface area (TPSA) is 27.6 Å². The third-order valence-corrected chi connectivity index (χ3v) is 4.09. The first-order valence-corrected chi connectivity index (χ1v) is 6.25. The van der Waals surface area contributed by atoms with Crippen molar-refractivity contribution in [2.45, 2.75) is 39.0 Å². The molecule has 3 nitrogen and oxygen atoms in total. The number of guanidine groups is 1. The molecule has 1 N–H and O–H groups in total. The van der Waals surface area contributed by atoms with Gasteiger partial charge in [0.25, 0.3) is 0 Å². The van der Waals surface area contributed by atoms with E-state index in [0.717, 1.165) is 25.6 Å². The second-order valence-corrected chi connectivity index (χ2v) is 5.04. The summed E-state index contributed by atoms with van der Waals surface area (Å²) >= 11 is 0. The standard InChI is InChI=1S/C12H23N3.HI/c1-3-12(6-4-5-7-12)10-14-11-13-8-9-15(11)2;/h3-10H2,1-2H3,(H,13,14);1H. The Kier molecular flexibility index (Phi) is 5.34. The minimum absolute atomic E-state index is 0. The van der Waals surface area contributed by atoms with Crippen LogP contribution in [-0.2, 0) is 0 Å². The van der Waals surface area contributed by atoms with Crippen molar-refractivity contribution in [2.24, 2.45) is 10.4 Å². The van der Waals surface area contributed by atoms with E-state index >= 15 is 0 Å². The van der Waals surface area contributed by atoms with Gasteiger partial charge in [0, 0.05) is 20.1 Å². The molecule has 94 valence electrons. The van der Waals surface area contributed by atoms with Crippen molar-refractivity contribution < 1.29 is 0 Å². The molecular weight excluding hydrogens is 313 g/mol. The lowest BCUT2D eigenvalue weighted by atomic mass is 9.83. The quantitative estimate of drug-likeness (QED) is 0.802. The van der Waals surface area contributed by atoms with Crippen LogP contribution in [0.15, 0.2) is 4.99 Å². The molecule has 1 heterocycles. The summed E-state index contributed by atoms with van der Waals surface area (Å²) in [6, 6.07) is 0. The summed E-state index contributed by atoms with van der Waals surface area (Å²) in [5.41, 5.74) is 0.561. The van der Waals surface area contributed by atoms with E-state index in [1.165, 1.54) is 32.1 Å². The molecule has 0 bridgehead atoms. The Balaban J connectivity index is 0.00000128. The van der Waals surface area contributed by atoms with Gasteiger partial charge in [-0.15, -0.1) is 24.0 Å². The molecule has 0 aromatic rings. The molecule has 0 aromatic carbocycles. The fourth-order valence-electron chi connectivity index (χ4n) is 2.77. The van der Waals surface area contributed by atoms with Gasteiger partial charge in [-0.05, 0) is 24.7 Å². The lowest BCUT2D eigenvalue weighted by Gasteiger charge is -2.29. The monoisotopic (exact) mass is 337 g/mol. The van der Waals surface area contributed by atoms with Crippen LogP contribution in [0.4, 0.5) is 0 Å². The van der Waals surface area contributed by atoms with Crippen LogP contribution in [0.25, 0.3) is 0 Å². The molecule has 1 saturated carbocycles. The normalized spacial score (nSPS) is 22.9. The number of halogens is 1. The molecule has 1 aliphatic heterocycles. The zero-order valence-corrected chi connectivity index (χ0v) is 12.8. The van der Waals surface area contributed by atoms with Gasteiger partial charge in [-0.3, -0.25) is 4.99 Å². The summed E-state index contributed by atoms with van der Waals surface area (Å²) in [5.74, 6) is 1.11. The Labute approximate surface area is 116 Å². The van der Waals surface area contributed by atoms with Crippen LogP contribution in [0.1, 0.15) is 39.0 Å². The van der Waals surface area contributed by atoms with E-state index in [1.54, 1.807) is 0 Å². The fraction of sp³-hybridized carbons (Fsp3) is 0.917. The predicted molar refractivity (Wildman–Crippen MR) is 79.5 cm³/mol. The van der Waals surface area contributed by atoms with Crippen molar-refractivity contribution in [3.05, 3.63) is 0 Å².